The molecule has 0 saturated carbocycles. The van der Waals surface area contributed by atoms with Crippen molar-refractivity contribution in [1.29, 1.82) is 0 Å². The van der Waals surface area contributed by atoms with E-state index in [-0.39, 0.29) is 87.0 Å². The second-order valence-electron chi connectivity index (χ2n) is 17.3. The van der Waals surface area contributed by atoms with Gasteiger partial charge in [-0.3, -0.25) is 0 Å². The number of aromatic nitrogens is 4. The maximum atomic E-state index is 13.5. The first-order chi connectivity index (χ1) is 33.4. The van der Waals surface area contributed by atoms with E-state index in [1.165, 1.54) is 86.9 Å². The molecule has 0 aliphatic carbocycles. The standard InChI is InChI=1S/2C22H28FN3O6S.C4H11NO.Ca/c2*1-13(2)20-18(10-9-16(27)11-17(28)12-19(29)30)21(14-5-7-15(23)8-6-14)25-22(24-20)26(3)33(4,31)32;1-2-4(5)3-6;/h2*5-10,13,16-17,27-28H,11-12H2,1-4H3,(H,29,30);4,6H,2-3,5H2,1H3;/q;;;+2/p-2/t2*16-,17-;;/m11../s1. The minimum absolute atomic E-state index is 0. The molecule has 398 valence electrons. The largest absolute Gasteiger partial charge is 2.00 e. The van der Waals surface area contributed by atoms with Crippen molar-refractivity contribution in [2.24, 2.45) is 5.73 Å². The van der Waals surface area contributed by atoms with Crippen LogP contribution in [0.25, 0.3) is 34.7 Å². The predicted octanol–water partition coefficient (Wildman–Crippen LogP) is 1.47. The van der Waals surface area contributed by atoms with Gasteiger partial charge in [0.05, 0.1) is 66.3 Å². The third-order valence-corrected chi connectivity index (χ3v) is 12.7. The van der Waals surface area contributed by atoms with E-state index in [1.807, 2.05) is 34.6 Å². The minimum Gasteiger partial charge on any atom is -0.550 e. The molecule has 2 heterocycles. The van der Waals surface area contributed by atoms with Gasteiger partial charge in [0.2, 0.25) is 31.9 Å². The molecule has 20 nitrogen and oxygen atoms in total. The molecule has 0 bridgehead atoms. The number of carboxylic acids is 2. The third kappa shape index (κ3) is 22.4. The van der Waals surface area contributed by atoms with Gasteiger partial charge >= 0.3 is 37.7 Å². The molecule has 0 fully saturated rings. The van der Waals surface area contributed by atoms with E-state index in [9.17, 15) is 65.8 Å². The SMILES string of the molecule is CC(C)c1nc(N(C)S(C)(=O)=O)nc(-c2ccc(F)cc2)c1C=C[C@@H](O)C[C@@H](O)CC(=O)[O-].CC(C)c1nc(N(C)S(C)(=O)=O)nc(-c2ccc(F)cc2)c1C=C[C@@H](O)C[C@@H](O)CC(=O)[O-].CCC(N)CO.[Ca+2]. The smallest absolute Gasteiger partial charge is 0.550 e. The van der Waals surface area contributed by atoms with Crippen LogP contribution in [0, 0.1) is 11.6 Å². The fourth-order valence-electron chi connectivity index (χ4n) is 6.20. The summed E-state index contributed by atoms with van der Waals surface area (Å²) in [4.78, 5) is 38.9. The fraction of sp³-hybridized carbons (Fsp3) is 0.458. The van der Waals surface area contributed by atoms with Gasteiger partial charge in [-0.25, -0.2) is 54.2 Å². The van der Waals surface area contributed by atoms with Crippen LogP contribution in [0.1, 0.15) is 101 Å². The van der Waals surface area contributed by atoms with Gasteiger partial charge in [-0.05, 0) is 66.8 Å². The van der Waals surface area contributed by atoms with E-state index >= 15 is 0 Å². The van der Waals surface area contributed by atoms with Crippen molar-refractivity contribution < 1.29 is 71.0 Å². The van der Waals surface area contributed by atoms with Crippen LogP contribution >= 0.6 is 0 Å². The Kier molecular flexibility index (Phi) is 27.9. The third-order valence-electron chi connectivity index (χ3n) is 10.4. The summed E-state index contributed by atoms with van der Waals surface area (Å²) in [5, 5.41) is 69.3. The summed E-state index contributed by atoms with van der Waals surface area (Å²) >= 11 is 0. The molecule has 25 heteroatoms. The second kappa shape index (κ2) is 30.7. The van der Waals surface area contributed by atoms with Crippen LogP contribution in [-0.2, 0) is 29.6 Å². The molecule has 0 aliphatic heterocycles. The molecule has 4 rings (SSSR count). The average Bonchev–Trinajstić information content (AvgIpc) is 3.28. The fourth-order valence-corrected chi connectivity index (χ4v) is 6.96. The number of nitrogens with zero attached hydrogens (tertiary/aromatic N) is 6. The molecule has 0 radical (unpaired) electrons. The van der Waals surface area contributed by atoms with Crippen molar-refractivity contribution in [3.05, 3.63) is 94.8 Å². The Hall–Kier alpha value is -4.60. The number of sulfonamides is 2. The monoisotopic (exact) mass is 1090 g/mol. The van der Waals surface area contributed by atoms with Gasteiger partial charge in [-0.15, -0.1) is 0 Å². The zero-order valence-electron chi connectivity index (χ0n) is 42.3. The van der Waals surface area contributed by atoms with Crippen molar-refractivity contribution in [1.82, 2.24) is 19.9 Å². The molecule has 0 spiro atoms. The molecule has 0 amide bonds. The topological polar surface area (TPSA) is 334 Å². The first-order valence-electron chi connectivity index (χ1n) is 22.5. The average molecular weight is 1090 g/mol. The Labute approximate surface area is 455 Å². The summed E-state index contributed by atoms with van der Waals surface area (Å²) in [6, 6.07) is 10.9. The van der Waals surface area contributed by atoms with Crippen LogP contribution in [0.15, 0.2) is 60.7 Å². The zero-order valence-corrected chi connectivity index (χ0v) is 46.1. The van der Waals surface area contributed by atoms with Crippen molar-refractivity contribution in [3.8, 4) is 22.5 Å². The number of carboxylic acid groups (broad SMARTS) is 2. The number of carbonyl (C=O) groups is 2. The Balaban J connectivity index is 0.000000648. The van der Waals surface area contributed by atoms with Crippen LogP contribution in [0.5, 0.6) is 0 Å². The van der Waals surface area contributed by atoms with Crippen LogP contribution in [0.4, 0.5) is 20.7 Å². The quantitative estimate of drug-likeness (QED) is 0.0607. The van der Waals surface area contributed by atoms with Crippen molar-refractivity contribution >= 4 is 93.8 Å². The number of halogens is 2. The summed E-state index contributed by atoms with van der Waals surface area (Å²) in [7, 11) is -4.67. The van der Waals surface area contributed by atoms with E-state index in [0.717, 1.165) is 27.5 Å². The predicted molar refractivity (Wildman–Crippen MR) is 271 cm³/mol. The number of hydrogen-bond donors (Lipinski definition) is 6. The van der Waals surface area contributed by atoms with Gasteiger partial charge < -0.3 is 51.1 Å². The van der Waals surface area contributed by atoms with E-state index < -0.39 is 80.9 Å². The van der Waals surface area contributed by atoms with Gasteiger partial charge in [0.25, 0.3) is 0 Å². The number of hydrogen-bond acceptors (Lipinski definition) is 18. The van der Waals surface area contributed by atoms with Gasteiger partial charge in [-0.2, -0.15) is 0 Å². The van der Waals surface area contributed by atoms with Crippen LogP contribution in [0.3, 0.4) is 0 Å². The maximum Gasteiger partial charge on any atom is 2.00 e. The van der Waals surface area contributed by atoms with Crippen molar-refractivity contribution in [2.45, 2.75) is 109 Å². The molecule has 73 heavy (non-hydrogen) atoms. The Morgan fingerprint density at radius 1 is 0.658 bits per heavy atom. The molecular formula is C48H65CaF2N7O13S2. The Bertz CT molecular complexity index is 2520. The van der Waals surface area contributed by atoms with Gasteiger partial charge in [0.1, 0.15) is 11.6 Å². The van der Waals surface area contributed by atoms with Crippen LogP contribution in [0.2, 0.25) is 0 Å². The van der Waals surface area contributed by atoms with Crippen molar-refractivity contribution in [2.75, 3.05) is 41.8 Å². The second-order valence-corrected chi connectivity index (χ2v) is 21.3. The number of carbonyl (C=O) groups excluding carboxylic acids is 2. The van der Waals surface area contributed by atoms with E-state index in [4.69, 9.17) is 10.8 Å². The minimum atomic E-state index is -3.66. The number of rotatable bonds is 22. The maximum absolute atomic E-state index is 13.5. The molecule has 4 aromatic rings. The first-order valence-corrected chi connectivity index (χ1v) is 26.2. The number of aliphatic hydroxyl groups is 5. The molecule has 5 atom stereocenters. The summed E-state index contributed by atoms with van der Waals surface area (Å²) in [6.45, 7) is 9.44. The van der Waals surface area contributed by atoms with Crippen LogP contribution < -0.4 is 24.6 Å². The number of aliphatic carboxylic acids is 2. The van der Waals surface area contributed by atoms with Crippen LogP contribution in [-0.4, -0.2) is 176 Å². The Morgan fingerprint density at radius 3 is 1.21 bits per heavy atom. The summed E-state index contributed by atoms with van der Waals surface area (Å²) < 4.78 is 77.1. The molecule has 7 N–H and O–H groups in total. The number of nitrogens with two attached hydrogens (primary N) is 1. The normalized spacial score (nSPS) is 13.8. The zero-order chi connectivity index (χ0) is 54.8. The summed E-state index contributed by atoms with van der Waals surface area (Å²) in [6.07, 6.45) is 2.01. The molecule has 0 saturated heterocycles. The Morgan fingerprint density at radius 2 is 0.973 bits per heavy atom. The van der Waals surface area contributed by atoms with Crippen molar-refractivity contribution in [3.63, 3.8) is 0 Å². The summed E-state index contributed by atoms with van der Waals surface area (Å²) in [5.41, 5.74) is 8.74. The molecule has 2 aromatic heterocycles. The number of anilines is 2. The molecular weight excluding hydrogens is 1020 g/mol. The van der Waals surface area contributed by atoms with E-state index in [2.05, 4.69) is 19.9 Å². The summed E-state index contributed by atoms with van der Waals surface area (Å²) in [5.74, 6) is -4.28. The number of benzene rings is 2. The molecule has 0 aliphatic rings. The first kappa shape index (κ1) is 66.4. The van der Waals surface area contributed by atoms with E-state index in [0.29, 0.717) is 45.0 Å². The van der Waals surface area contributed by atoms with Gasteiger partial charge in [0, 0.05) is 80.0 Å². The van der Waals surface area contributed by atoms with Gasteiger partial charge in [-0.1, -0.05) is 58.9 Å². The van der Waals surface area contributed by atoms with Gasteiger partial charge in [0.15, 0.2) is 0 Å². The molecule has 1 unspecified atom stereocenters. The number of aliphatic hydroxyl groups excluding tert-OH is 5. The van der Waals surface area contributed by atoms with E-state index in [1.54, 1.807) is 0 Å². The molecule has 2 aromatic carbocycles.